The minimum atomic E-state index is -0.133. The van der Waals surface area contributed by atoms with Crippen LogP contribution in [0.1, 0.15) is 31.9 Å². The van der Waals surface area contributed by atoms with Crippen molar-refractivity contribution in [2.24, 2.45) is 5.92 Å². The Morgan fingerprint density at radius 1 is 1.40 bits per heavy atom. The molecule has 0 radical (unpaired) electrons. The Labute approximate surface area is 122 Å². The highest BCUT2D eigenvalue weighted by Crippen LogP contribution is 2.13. The molecule has 1 N–H and O–H groups in total. The number of nitrogens with zero attached hydrogens (tertiary/aromatic N) is 1. The van der Waals surface area contributed by atoms with Gasteiger partial charge in [0.25, 0.3) is 0 Å². The van der Waals surface area contributed by atoms with E-state index in [9.17, 15) is 4.39 Å². The van der Waals surface area contributed by atoms with Gasteiger partial charge in [0.15, 0.2) is 0 Å². The van der Waals surface area contributed by atoms with E-state index in [0.717, 1.165) is 36.3 Å². The van der Waals surface area contributed by atoms with Gasteiger partial charge in [0.2, 0.25) is 0 Å². The minimum Gasteiger partial charge on any atom is -0.312 e. The summed E-state index contributed by atoms with van der Waals surface area (Å²) in [5.74, 6) is 0.489. The van der Waals surface area contributed by atoms with Crippen molar-refractivity contribution in [3.8, 4) is 0 Å². The van der Waals surface area contributed by atoms with Gasteiger partial charge in [-0.05, 0) is 38.1 Å². The Balaban J connectivity index is 2.63. The topological polar surface area (TPSA) is 15.3 Å². The van der Waals surface area contributed by atoms with Gasteiger partial charge in [-0.25, -0.2) is 4.39 Å². The Morgan fingerprint density at radius 3 is 2.70 bits per heavy atom. The first-order valence-electron chi connectivity index (χ1n) is 7.19. The lowest BCUT2D eigenvalue weighted by Crippen LogP contribution is -2.21. The second kappa shape index (κ2) is 8.18. The van der Waals surface area contributed by atoms with Crippen molar-refractivity contribution in [3.05, 3.63) is 47.3 Å². The Kier molecular flexibility index (Phi) is 6.89. The third kappa shape index (κ3) is 6.31. The van der Waals surface area contributed by atoms with Crippen LogP contribution in [0.4, 0.5) is 4.39 Å². The van der Waals surface area contributed by atoms with E-state index < -0.39 is 0 Å². The third-order valence-electron chi connectivity index (χ3n) is 2.97. The van der Waals surface area contributed by atoms with Gasteiger partial charge in [0.1, 0.15) is 5.82 Å². The van der Waals surface area contributed by atoms with Crippen molar-refractivity contribution in [1.29, 1.82) is 0 Å². The molecule has 1 aromatic rings. The summed E-state index contributed by atoms with van der Waals surface area (Å²) in [7, 11) is 1.98. The van der Waals surface area contributed by atoms with Gasteiger partial charge in [-0.3, -0.25) is 4.90 Å². The predicted molar refractivity (Wildman–Crippen MR) is 84.1 cm³/mol. The number of hydrogen-bond donors (Lipinski definition) is 1. The summed E-state index contributed by atoms with van der Waals surface area (Å²) in [6, 6.07) is 5.37. The lowest BCUT2D eigenvalue weighted by atomic mass is 10.1. The van der Waals surface area contributed by atoms with Crippen LogP contribution in [0.3, 0.4) is 0 Å². The molecule has 0 bridgehead atoms. The summed E-state index contributed by atoms with van der Waals surface area (Å²) in [5, 5.41) is 3.38. The van der Waals surface area contributed by atoms with E-state index in [0.29, 0.717) is 12.5 Å². The first kappa shape index (κ1) is 16.9. The van der Waals surface area contributed by atoms with Crippen LogP contribution in [-0.4, -0.2) is 25.0 Å². The third-order valence-corrected chi connectivity index (χ3v) is 2.97. The highest BCUT2D eigenvalue weighted by atomic mass is 19.1. The van der Waals surface area contributed by atoms with Gasteiger partial charge < -0.3 is 5.32 Å². The molecule has 0 fully saturated rings. The van der Waals surface area contributed by atoms with E-state index in [4.69, 9.17) is 0 Å². The molecule has 0 saturated carbocycles. The van der Waals surface area contributed by atoms with Crippen LogP contribution >= 0.6 is 0 Å². The predicted octanol–water partition coefficient (Wildman–Crippen LogP) is 3.58. The quantitative estimate of drug-likeness (QED) is 0.731. The second-order valence-electron chi connectivity index (χ2n) is 6.08. The molecule has 0 amide bonds. The number of likely N-dealkylation sites (N-methyl/N-ethyl adjacent to an activating group) is 1. The van der Waals surface area contributed by atoms with Crippen LogP contribution in [0.25, 0.3) is 0 Å². The summed E-state index contributed by atoms with van der Waals surface area (Å²) in [6.07, 6.45) is 0. The number of rotatable bonds is 8. The van der Waals surface area contributed by atoms with Crippen molar-refractivity contribution in [2.75, 3.05) is 20.1 Å². The zero-order valence-electron chi connectivity index (χ0n) is 13.2. The molecule has 1 rings (SSSR count). The molecule has 0 unspecified atom stereocenters. The maximum absolute atomic E-state index is 13.8. The van der Waals surface area contributed by atoms with E-state index >= 15 is 0 Å². The number of nitrogens with one attached hydrogen (secondary N) is 1. The number of halogens is 1. The Bertz CT molecular complexity index is 441. The smallest absolute Gasteiger partial charge is 0.127 e. The van der Waals surface area contributed by atoms with Crippen LogP contribution in [0.15, 0.2) is 30.4 Å². The van der Waals surface area contributed by atoms with Crippen molar-refractivity contribution in [1.82, 2.24) is 10.2 Å². The first-order chi connectivity index (χ1) is 9.38. The van der Waals surface area contributed by atoms with Gasteiger partial charge in [0, 0.05) is 25.2 Å². The lowest BCUT2D eigenvalue weighted by Gasteiger charge is -2.18. The molecule has 0 spiro atoms. The average molecular weight is 278 g/mol. The highest BCUT2D eigenvalue weighted by Gasteiger charge is 2.07. The Hall–Kier alpha value is -1.19. The second-order valence-corrected chi connectivity index (χ2v) is 6.08. The first-order valence-corrected chi connectivity index (χ1v) is 7.19. The maximum Gasteiger partial charge on any atom is 0.127 e. The molecule has 20 heavy (non-hydrogen) atoms. The van der Waals surface area contributed by atoms with Crippen molar-refractivity contribution in [2.45, 2.75) is 33.9 Å². The summed E-state index contributed by atoms with van der Waals surface area (Å²) in [5.41, 5.74) is 2.96. The molecule has 0 saturated heterocycles. The highest BCUT2D eigenvalue weighted by molar-refractivity contribution is 5.25. The van der Waals surface area contributed by atoms with E-state index in [1.165, 1.54) is 0 Å². The van der Waals surface area contributed by atoms with Crippen LogP contribution < -0.4 is 5.32 Å². The van der Waals surface area contributed by atoms with Gasteiger partial charge in [0.05, 0.1) is 0 Å². The minimum absolute atomic E-state index is 0.133. The normalized spacial score (nSPS) is 11.3. The van der Waals surface area contributed by atoms with Gasteiger partial charge in [-0.1, -0.05) is 38.1 Å². The van der Waals surface area contributed by atoms with Crippen molar-refractivity contribution in [3.63, 3.8) is 0 Å². The van der Waals surface area contributed by atoms with E-state index in [1.807, 2.05) is 26.1 Å². The molecule has 0 aliphatic heterocycles. The molecule has 112 valence electrons. The molecular weight excluding hydrogens is 251 g/mol. The fourth-order valence-electron chi connectivity index (χ4n) is 2.17. The summed E-state index contributed by atoms with van der Waals surface area (Å²) < 4.78 is 13.8. The zero-order chi connectivity index (χ0) is 15.1. The Morgan fingerprint density at radius 2 is 2.10 bits per heavy atom. The van der Waals surface area contributed by atoms with Crippen LogP contribution in [0.5, 0.6) is 0 Å². The molecule has 2 nitrogen and oxygen atoms in total. The standard InChI is InChI=1S/C17H27FN2/c1-13(2)9-19-10-15-6-7-17(18)16(8-15)12-20(5)11-14(3)4/h6-8,13,19H,3,9-12H2,1-2,4-5H3. The molecule has 0 heterocycles. The van der Waals surface area contributed by atoms with Gasteiger partial charge >= 0.3 is 0 Å². The largest absolute Gasteiger partial charge is 0.312 e. The van der Waals surface area contributed by atoms with E-state index in [-0.39, 0.29) is 5.82 Å². The van der Waals surface area contributed by atoms with E-state index in [2.05, 4.69) is 30.6 Å². The fraction of sp³-hybridized carbons (Fsp3) is 0.529. The van der Waals surface area contributed by atoms with Crippen LogP contribution in [0.2, 0.25) is 0 Å². The number of hydrogen-bond acceptors (Lipinski definition) is 2. The summed E-state index contributed by atoms with van der Waals surface area (Å²) in [4.78, 5) is 2.08. The van der Waals surface area contributed by atoms with Crippen LogP contribution in [-0.2, 0) is 13.1 Å². The lowest BCUT2D eigenvalue weighted by molar-refractivity contribution is 0.348. The summed E-state index contributed by atoms with van der Waals surface area (Å²) in [6.45, 7) is 13.4. The molecule has 0 atom stereocenters. The molecule has 0 aliphatic carbocycles. The molecule has 0 aromatic heterocycles. The maximum atomic E-state index is 13.8. The summed E-state index contributed by atoms with van der Waals surface area (Å²) >= 11 is 0. The van der Waals surface area contributed by atoms with Crippen molar-refractivity contribution < 1.29 is 4.39 Å². The van der Waals surface area contributed by atoms with Crippen molar-refractivity contribution >= 4 is 0 Å². The monoisotopic (exact) mass is 278 g/mol. The average Bonchev–Trinajstić information content (AvgIpc) is 2.31. The SMILES string of the molecule is C=C(C)CN(C)Cc1cc(CNCC(C)C)ccc1F. The fourth-order valence-corrected chi connectivity index (χ4v) is 2.17. The number of benzene rings is 1. The molecular formula is C17H27FN2. The van der Waals surface area contributed by atoms with Gasteiger partial charge in [-0.15, -0.1) is 0 Å². The molecule has 0 aliphatic rings. The van der Waals surface area contributed by atoms with Crippen LogP contribution in [0, 0.1) is 11.7 Å². The van der Waals surface area contributed by atoms with E-state index in [1.54, 1.807) is 6.07 Å². The molecule has 1 aromatic carbocycles. The molecule has 3 heteroatoms. The zero-order valence-corrected chi connectivity index (χ0v) is 13.2. The van der Waals surface area contributed by atoms with Gasteiger partial charge in [-0.2, -0.15) is 0 Å².